The van der Waals surface area contributed by atoms with Gasteiger partial charge in [0.25, 0.3) is 5.69 Å². The van der Waals surface area contributed by atoms with Crippen molar-refractivity contribution >= 4 is 34.2 Å². The number of benzene rings is 1. The molecule has 0 aliphatic carbocycles. The van der Waals surface area contributed by atoms with Gasteiger partial charge in [-0.25, -0.2) is 0 Å². The first kappa shape index (κ1) is 14.3. The Balaban J connectivity index is 2.54. The Hall–Kier alpha value is -0.750. The van der Waals surface area contributed by atoms with Crippen molar-refractivity contribution in [1.29, 1.82) is 0 Å². The maximum Gasteiger partial charge on any atom is 0.287 e. The largest absolute Gasteiger partial charge is 0.492 e. The second kappa shape index (κ2) is 7.55. The smallest absolute Gasteiger partial charge is 0.287 e. The van der Waals surface area contributed by atoms with E-state index in [2.05, 4.69) is 28.6 Å². The zero-order chi connectivity index (χ0) is 12.7. The van der Waals surface area contributed by atoms with Crippen LogP contribution in [0.5, 0.6) is 5.75 Å². The minimum absolute atomic E-state index is 0.0258. The molecule has 1 aromatic rings. The van der Waals surface area contributed by atoms with Crippen molar-refractivity contribution in [2.24, 2.45) is 0 Å². The Kier molecular flexibility index (Phi) is 6.36. The van der Waals surface area contributed by atoms with E-state index in [4.69, 9.17) is 4.74 Å². The van der Waals surface area contributed by atoms with Gasteiger partial charge < -0.3 is 4.74 Å². The van der Waals surface area contributed by atoms with Crippen molar-refractivity contribution in [2.75, 3.05) is 12.4 Å². The molecule has 0 atom stereocenters. The minimum Gasteiger partial charge on any atom is -0.492 e. The van der Waals surface area contributed by atoms with E-state index < -0.39 is 4.92 Å². The van der Waals surface area contributed by atoms with E-state index in [-0.39, 0.29) is 5.69 Å². The van der Waals surface area contributed by atoms with Crippen LogP contribution in [0.3, 0.4) is 0 Å². The van der Waals surface area contributed by atoms with Gasteiger partial charge in [-0.05, 0) is 47.0 Å². The van der Waals surface area contributed by atoms with Crippen LogP contribution in [0.1, 0.15) is 19.3 Å². The molecule has 0 bridgehead atoms. The molecule has 1 rings (SSSR count). The van der Waals surface area contributed by atoms with E-state index in [0.717, 1.165) is 25.0 Å². The molecule has 0 N–H and O–H groups in total. The first-order valence-corrected chi connectivity index (χ1v) is 6.76. The Bertz CT molecular complexity index is 387. The summed E-state index contributed by atoms with van der Waals surface area (Å²) < 4.78 is 5.90. The second-order valence-corrected chi connectivity index (χ2v) is 4.72. The molecule has 0 radical (unpaired) electrons. The van der Waals surface area contributed by atoms with Crippen molar-refractivity contribution in [2.45, 2.75) is 19.3 Å². The van der Waals surface area contributed by atoms with Crippen molar-refractivity contribution < 1.29 is 9.66 Å². The molecular weight excluding hydrogens is 306 g/mol. The fourth-order valence-corrected chi connectivity index (χ4v) is 2.07. The van der Waals surface area contributed by atoms with Crippen LogP contribution in [-0.4, -0.2) is 17.3 Å². The van der Waals surface area contributed by atoms with Crippen LogP contribution in [0.15, 0.2) is 22.7 Å². The van der Waals surface area contributed by atoms with Gasteiger partial charge in [-0.3, -0.25) is 10.1 Å². The normalized spacial score (nSPS) is 10.2. The predicted octanol–water partition coefficient (Wildman–Crippen LogP) is 3.84. The molecule has 0 spiro atoms. The number of nitrogens with zero attached hydrogens (tertiary/aromatic N) is 1. The summed E-state index contributed by atoms with van der Waals surface area (Å²) in [5, 5.41) is 10.7. The van der Waals surface area contributed by atoms with Gasteiger partial charge in [-0.1, -0.05) is 6.07 Å². The van der Waals surface area contributed by atoms with Gasteiger partial charge >= 0.3 is 0 Å². The monoisotopic (exact) mass is 319 g/mol. The van der Waals surface area contributed by atoms with E-state index in [0.29, 0.717) is 16.8 Å². The van der Waals surface area contributed by atoms with E-state index in [1.807, 2.05) is 0 Å². The summed E-state index contributed by atoms with van der Waals surface area (Å²) in [7, 11) is 0. The number of rotatable bonds is 7. The fourth-order valence-electron chi connectivity index (χ4n) is 1.32. The summed E-state index contributed by atoms with van der Waals surface area (Å²) in [6.45, 7) is 0.563. The Morgan fingerprint density at radius 3 is 2.76 bits per heavy atom. The summed E-state index contributed by atoms with van der Waals surface area (Å²) in [4.78, 5) is 10.3. The van der Waals surface area contributed by atoms with Crippen molar-refractivity contribution in [1.82, 2.24) is 0 Å². The van der Waals surface area contributed by atoms with E-state index >= 15 is 0 Å². The van der Waals surface area contributed by atoms with Gasteiger partial charge in [0.15, 0.2) is 0 Å². The van der Waals surface area contributed by atoms with Crippen molar-refractivity contribution in [3.05, 3.63) is 32.8 Å². The first-order chi connectivity index (χ1) is 8.16. The van der Waals surface area contributed by atoms with Crippen LogP contribution in [0.2, 0.25) is 0 Å². The lowest BCUT2D eigenvalue weighted by atomic mass is 10.2. The summed E-state index contributed by atoms with van der Waals surface area (Å²) in [5.74, 6) is 1.39. The van der Waals surface area contributed by atoms with Crippen LogP contribution in [0.25, 0.3) is 0 Å². The topological polar surface area (TPSA) is 52.4 Å². The quantitative estimate of drug-likeness (QED) is 0.359. The Labute approximate surface area is 114 Å². The third kappa shape index (κ3) is 4.55. The molecule has 0 fully saturated rings. The van der Waals surface area contributed by atoms with Crippen LogP contribution in [-0.2, 0) is 0 Å². The molecule has 0 saturated heterocycles. The zero-order valence-corrected chi connectivity index (χ0v) is 11.7. The highest BCUT2D eigenvalue weighted by atomic mass is 79.9. The second-order valence-electron chi connectivity index (χ2n) is 3.48. The third-order valence-electron chi connectivity index (χ3n) is 2.20. The van der Waals surface area contributed by atoms with E-state index in [1.165, 1.54) is 6.07 Å². The Morgan fingerprint density at radius 1 is 1.35 bits per heavy atom. The van der Waals surface area contributed by atoms with Crippen LogP contribution in [0, 0.1) is 10.1 Å². The fraction of sp³-hybridized carbons (Fsp3) is 0.455. The molecule has 6 heteroatoms. The molecule has 0 aliphatic rings. The average molecular weight is 320 g/mol. The highest BCUT2D eigenvalue weighted by molar-refractivity contribution is 9.10. The first-order valence-electron chi connectivity index (χ1n) is 5.33. The number of nitro groups is 1. The number of hydrogen-bond donors (Lipinski definition) is 1. The maximum atomic E-state index is 10.7. The van der Waals surface area contributed by atoms with Crippen molar-refractivity contribution in [3.8, 4) is 5.75 Å². The lowest BCUT2D eigenvalue weighted by molar-refractivity contribution is -0.385. The van der Waals surface area contributed by atoms with Gasteiger partial charge in [0, 0.05) is 6.07 Å². The van der Waals surface area contributed by atoms with Crippen LogP contribution < -0.4 is 4.74 Å². The van der Waals surface area contributed by atoms with E-state index in [9.17, 15) is 10.1 Å². The average Bonchev–Trinajstić information content (AvgIpc) is 2.30. The highest BCUT2D eigenvalue weighted by Crippen LogP contribution is 2.33. The molecule has 17 heavy (non-hydrogen) atoms. The molecular formula is C11H14BrNO3S. The molecule has 0 unspecified atom stereocenters. The number of halogens is 1. The molecule has 0 saturated carbocycles. The van der Waals surface area contributed by atoms with E-state index in [1.54, 1.807) is 12.1 Å². The lowest BCUT2D eigenvalue weighted by Gasteiger charge is -2.07. The van der Waals surface area contributed by atoms with Crippen LogP contribution >= 0.6 is 28.6 Å². The number of unbranched alkanes of at least 4 members (excludes halogenated alkanes) is 2. The number of ether oxygens (including phenoxy) is 1. The standard InChI is InChI=1S/C11H14BrNO3S/c12-11-9(13(14)15)5-4-6-10(11)16-7-2-1-3-8-17/h4-6,17H,1-3,7-8H2. The molecule has 94 valence electrons. The summed E-state index contributed by atoms with van der Waals surface area (Å²) >= 11 is 7.31. The van der Waals surface area contributed by atoms with Gasteiger partial charge in [-0.15, -0.1) is 0 Å². The summed E-state index contributed by atoms with van der Waals surface area (Å²) in [6.07, 6.45) is 3.04. The minimum atomic E-state index is -0.433. The van der Waals surface area contributed by atoms with Crippen LogP contribution in [0.4, 0.5) is 5.69 Å². The number of nitro benzene ring substituents is 1. The molecule has 0 amide bonds. The van der Waals surface area contributed by atoms with Crippen molar-refractivity contribution in [3.63, 3.8) is 0 Å². The molecule has 4 nitrogen and oxygen atoms in total. The third-order valence-corrected chi connectivity index (χ3v) is 3.31. The van der Waals surface area contributed by atoms with Gasteiger partial charge in [0.05, 0.1) is 11.5 Å². The van der Waals surface area contributed by atoms with Gasteiger partial charge in [0.1, 0.15) is 10.2 Å². The molecule has 0 aliphatic heterocycles. The lowest BCUT2D eigenvalue weighted by Crippen LogP contribution is -1.99. The predicted molar refractivity (Wildman–Crippen MR) is 74.0 cm³/mol. The SMILES string of the molecule is O=[N+]([O-])c1cccc(OCCCCCS)c1Br. The number of hydrogen-bond acceptors (Lipinski definition) is 4. The van der Waals surface area contributed by atoms with Gasteiger partial charge in [-0.2, -0.15) is 12.6 Å². The Morgan fingerprint density at radius 2 is 2.12 bits per heavy atom. The summed E-state index contributed by atoms with van der Waals surface area (Å²) in [5.41, 5.74) is 0.0258. The molecule has 0 heterocycles. The molecule has 0 aromatic heterocycles. The number of thiol groups is 1. The molecule has 1 aromatic carbocycles. The van der Waals surface area contributed by atoms with Gasteiger partial charge in [0.2, 0.25) is 0 Å². The maximum absolute atomic E-state index is 10.7. The highest BCUT2D eigenvalue weighted by Gasteiger charge is 2.15. The summed E-state index contributed by atoms with van der Waals surface area (Å²) in [6, 6.07) is 4.78. The zero-order valence-electron chi connectivity index (χ0n) is 9.26.